The zero-order chi connectivity index (χ0) is 14.7. The lowest BCUT2D eigenvalue weighted by molar-refractivity contribution is -0.150. The van der Waals surface area contributed by atoms with Crippen LogP contribution in [0.3, 0.4) is 0 Å². The third-order valence-corrected chi connectivity index (χ3v) is 3.90. The molecule has 4 atom stereocenters. The van der Waals surface area contributed by atoms with Gasteiger partial charge in [-0.05, 0) is 13.0 Å². The minimum absolute atomic E-state index is 0.0744. The zero-order valence-electron chi connectivity index (χ0n) is 11.6. The predicted octanol–water partition coefficient (Wildman–Crippen LogP) is -0.953. The fourth-order valence-electron chi connectivity index (χ4n) is 2.83. The Hall–Kier alpha value is -1.18. The van der Waals surface area contributed by atoms with Gasteiger partial charge in [0.2, 0.25) is 5.91 Å². The lowest BCUT2D eigenvalue weighted by Gasteiger charge is -2.27. The first kappa shape index (κ1) is 15.2. The maximum atomic E-state index is 12.5. The summed E-state index contributed by atoms with van der Waals surface area (Å²) in [7, 11) is 0. The molecule has 2 saturated heterocycles. The van der Waals surface area contributed by atoms with Gasteiger partial charge in [0.1, 0.15) is 6.04 Å². The largest absolute Gasteiger partial charge is 0.480 e. The number of aliphatic hydroxyl groups excluding tert-OH is 1. The van der Waals surface area contributed by atoms with Crippen molar-refractivity contribution in [2.24, 2.45) is 5.92 Å². The van der Waals surface area contributed by atoms with Crippen molar-refractivity contribution in [2.45, 2.75) is 38.0 Å². The van der Waals surface area contributed by atoms with Crippen LogP contribution in [0.5, 0.6) is 0 Å². The average Bonchev–Trinajstić information content (AvgIpc) is 3.01. The Balaban J connectivity index is 2.03. The molecule has 0 aromatic rings. The number of hydrogen-bond donors (Lipinski definition) is 3. The molecule has 0 aliphatic carbocycles. The number of ether oxygens (including phenoxy) is 1. The van der Waals surface area contributed by atoms with Crippen LogP contribution in [0.1, 0.15) is 19.8 Å². The Morgan fingerprint density at radius 1 is 1.40 bits per heavy atom. The summed E-state index contributed by atoms with van der Waals surface area (Å²) in [6, 6.07) is -1.00. The summed E-state index contributed by atoms with van der Waals surface area (Å²) in [5.74, 6) is -1.67. The maximum Gasteiger partial charge on any atom is 0.326 e. The van der Waals surface area contributed by atoms with Crippen molar-refractivity contribution < 1.29 is 24.5 Å². The van der Waals surface area contributed by atoms with E-state index in [1.165, 1.54) is 4.90 Å². The van der Waals surface area contributed by atoms with Gasteiger partial charge in [-0.2, -0.15) is 0 Å². The minimum atomic E-state index is -1.06. The molecule has 2 rings (SSSR count). The Kier molecular flexibility index (Phi) is 4.95. The molecule has 3 N–H and O–H groups in total. The smallest absolute Gasteiger partial charge is 0.326 e. The Labute approximate surface area is 117 Å². The normalized spacial score (nSPS) is 33.6. The van der Waals surface area contributed by atoms with E-state index in [2.05, 4.69) is 5.32 Å². The molecule has 2 unspecified atom stereocenters. The fraction of sp³-hybridized carbons (Fsp3) is 0.846. The fourth-order valence-corrected chi connectivity index (χ4v) is 2.83. The quantitative estimate of drug-likeness (QED) is 0.602. The highest BCUT2D eigenvalue weighted by Gasteiger charge is 2.44. The van der Waals surface area contributed by atoms with Crippen LogP contribution in [0, 0.1) is 5.92 Å². The average molecular weight is 286 g/mol. The van der Waals surface area contributed by atoms with Gasteiger partial charge in [-0.25, -0.2) is 4.79 Å². The van der Waals surface area contributed by atoms with Gasteiger partial charge in [0.05, 0.1) is 25.2 Å². The van der Waals surface area contributed by atoms with E-state index in [1.54, 1.807) is 0 Å². The van der Waals surface area contributed by atoms with Crippen LogP contribution in [-0.2, 0) is 14.3 Å². The van der Waals surface area contributed by atoms with E-state index in [-0.39, 0.29) is 30.8 Å². The second-order valence-electron chi connectivity index (χ2n) is 5.44. The highest BCUT2D eigenvalue weighted by Crippen LogP contribution is 2.24. The first-order valence-corrected chi connectivity index (χ1v) is 7.07. The van der Waals surface area contributed by atoms with E-state index in [9.17, 15) is 14.7 Å². The molecule has 2 aliphatic rings. The van der Waals surface area contributed by atoms with E-state index in [0.717, 1.165) is 13.0 Å². The van der Waals surface area contributed by atoms with Crippen LogP contribution in [0.2, 0.25) is 0 Å². The van der Waals surface area contributed by atoms with Gasteiger partial charge in [-0.1, -0.05) is 6.92 Å². The Morgan fingerprint density at radius 2 is 2.15 bits per heavy atom. The van der Waals surface area contributed by atoms with Crippen molar-refractivity contribution in [2.75, 3.05) is 26.3 Å². The number of aliphatic carboxylic acids is 1. The lowest BCUT2D eigenvalue weighted by Crippen LogP contribution is -2.49. The molecule has 0 radical (unpaired) electrons. The summed E-state index contributed by atoms with van der Waals surface area (Å²) in [6.45, 7) is 3.69. The molecular weight excluding hydrogens is 264 g/mol. The summed E-state index contributed by atoms with van der Waals surface area (Å²) in [6.07, 6.45) is 0.295. The molecule has 7 nitrogen and oxygen atoms in total. The molecule has 2 fully saturated rings. The molecule has 0 bridgehead atoms. The molecule has 2 heterocycles. The monoisotopic (exact) mass is 286 g/mol. The van der Waals surface area contributed by atoms with Gasteiger partial charge in [0, 0.05) is 19.0 Å². The summed E-state index contributed by atoms with van der Waals surface area (Å²) in [5.41, 5.74) is 0. The number of nitrogens with zero attached hydrogens (tertiary/aromatic N) is 1. The number of carbonyl (C=O) groups excluding carboxylic acids is 1. The zero-order valence-corrected chi connectivity index (χ0v) is 11.6. The summed E-state index contributed by atoms with van der Waals surface area (Å²) < 4.78 is 5.35. The van der Waals surface area contributed by atoms with Gasteiger partial charge < -0.3 is 25.2 Å². The van der Waals surface area contributed by atoms with Gasteiger partial charge >= 0.3 is 5.97 Å². The molecule has 0 saturated carbocycles. The number of carboxylic acids is 1. The number of carboxylic acid groups (broad SMARTS) is 1. The van der Waals surface area contributed by atoms with E-state index in [1.807, 2.05) is 6.92 Å². The number of hydrogen-bond acceptors (Lipinski definition) is 5. The third-order valence-electron chi connectivity index (χ3n) is 3.90. The highest BCUT2D eigenvalue weighted by atomic mass is 16.5. The van der Waals surface area contributed by atoms with E-state index in [0.29, 0.717) is 13.2 Å². The third kappa shape index (κ3) is 3.11. The molecule has 0 aromatic carbocycles. The van der Waals surface area contributed by atoms with Crippen LogP contribution >= 0.6 is 0 Å². The van der Waals surface area contributed by atoms with Crippen molar-refractivity contribution in [1.82, 2.24) is 10.2 Å². The van der Waals surface area contributed by atoms with Gasteiger partial charge in [-0.3, -0.25) is 4.79 Å². The summed E-state index contributed by atoms with van der Waals surface area (Å²) >= 11 is 0. The van der Waals surface area contributed by atoms with Gasteiger partial charge in [0.15, 0.2) is 0 Å². The molecule has 114 valence electrons. The van der Waals surface area contributed by atoms with E-state index in [4.69, 9.17) is 9.84 Å². The molecule has 0 aromatic heterocycles. The molecule has 20 heavy (non-hydrogen) atoms. The number of likely N-dealkylation sites (tertiary alicyclic amines) is 1. The van der Waals surface area contributed by atoms with Crippen LogP contribution in [0.15, 0.2) is 0 Å². The van der Waals surface area contributed by atoms with Crippen LogP contribution < -0.4 is 5.32 Å². The van der Waals surface area contributed by atoms with Gasteiger partial charge in [0.25, 0.3) is 0 Å². The lowest BCUT2D eigenvalue weighted by atomic mass is 10.0. The predicted molar refractivity (Wildman–Crippen MR) is 70.2 cm³/mol. The topological polar surface area (TPSA) is 99.1 Å². The van der Waals surface area contributed by atoms with Crippen molar-refractivity contribution in [3.05, 3.63) is 0 Å². The standard InChI is InChI=1S/C13H22N2O5/c1-2-3-14-10-7-20-6-9(10)12(17)15-5-8(16)4-11(15)13(18)19/h8-11,14,16H,2-7H2,1H3,(H,18,19)/t8-,9?,10?,11-/m1/s1. The van der Waals surface area contributed by atoms with Gasteiger partial charge in [-0.15, -0.1) is 0 Å². The number of aliphatic hydroxyl groups is 1. The first-order chi connectivity index (χ1) is 9.54. The van der Waals surface area contributed by atoms with Crippen molar-refractivity contribution >= 4 is 11.9 Å². The molecule has 2 aliphatic heterocycles. The molecular formula is C13H22N2O5. The second kappa shape index (κ2) is 6.51. The number of carbonyl (C=O) groups is 2. The summed E-state index contributed by atoms with van der Waals surface area (Å²) in [4.78, 5) is 25.0. The van der Waals surface area contributed by atoms with Crippen molar-refractivity contribution in [3.8, 4) is 0 Å². The number of amides is 1. The molecule has 1 amide bonds. The van der Waals surface area contributed by atoms with Crippen LogP contribution in [0.25, 0.3) is 0 Å². The Bertz CT molecular complexity index is 376. The highest BCUT2D eigenvalue weighted by molar-refractivity contribution is 5.86. The maximum absolute atomic E-state index is 12.5. The molecule has 0 spiro atoms. The van der Waals surface area contributed by atoms with Crippen LogP contribution in [0.4, 0.5) is 0 Å². The SMILES string of the molecule is CCCNC1COCC1C(=O)N1C[C@H](O)C[C@@H]1C(=O)O. The summed E-state index contributed by atoms with van der Waals surface area (Å²) in [5, 5.41) is 22.0. The number of rotatable bonds is 5. The number of β-amino-alcohol motifs (C(OH)–C–C–N with tert-alkyl or cyclic N) is 1. The Morgan fingerprint density at radius 3 is 2.80 bits per heavy atom. The van der Waals surface area contributed by atoms with E-state index < -0.39 is 18.1 Å². The van der Waals surface area contributed by atoms with Crippen molar-refractivity contribution in [3.63, 3.8) is 0 Å². The van der Waals surface area contributed by atoms with E-state index >= 15 is 0 Å². The minimum Gasteiger partial charge on any atom is -0.480 e. The first-order valence-electron chi connectivity index (χ1n) is 7.07. The second-order valence-corrected chi connectivity index (χ2v) is 5.44. The van der Waals surface area contributed by atoms with Crippen LogP contribution in [-0.4, -0.2) is 71.5 Å². The van der Waals surface area contributed by atoms with Crippen molar-refractivity contribution in [1.29, 1.82) is 0 Å². The molecule has 7 heteroatoms. The number of nitrogens with one attached hydrogen (secondary N) is 1.